The number of rotatable bonds is 7. The highest BCUT2D eigenvalue weighted by Crippen LogP contribution is 2.37. The molecular formula is C39H45N9O5. The molecule has 0 spiro atoms. The number of aromatic nitrogens is 2. The Kier molecular flexibility index (Phi) is 8.73. The summed E-state index contributed by atoms with van der Waals surface area (Å²) >= 11 is 0. The van der Waals surface area contributed by atoms with Gasteiger partial charge in [-0.2, -0.15) is 0 Å². The number of benzene rings is 2. The molecule has 0 saturated carbocycles. The standard InChI is InChI=1S/C39H45N9O5/c49-34-4-2-1-3-29(34)31-18-33-36(43-42-31)40-19-27-23-45(15-16-47(27)33)20-24-9-12-44(13-10-24)21-25-11-14-46(22-25)26-5-6-28-30(17-26)39(53)48(38(28)52)32-7-8-35(50)41-37(32)51/h1-6,17-18,24-25,27,32,49H,7-16,19-23H2,(H,40,43)(H,41,50,51)/t25?,27-,32?/m0/s1. The molecule has 4 saturated heterocycles. The van der Waals surface area contributed by atoms with Gasteiger partial charge in [0.2, 0.25) is 11.8 Å². The normalized spacial score (nSPS) is 25.3. The summed E-state index contributed by atoms with van der Waals surface area (Å²) < 4.78 is 0. The molecular weight excluding hydrogens is 674 g/mol. The van der Waals surface area contributed by atoms with Crippen molar-refractivity contribution in [3.8, 4) is 17.0 Å². The van der Waals surface area contributed by atoms with Crippen LogP contribution in [0.15, 0.2) is 48.5 Å². The second kappa shape index (κ2) is 13.7. The number of phenols is 1. The van der Waals surface area contributed by atoms with Crippen LogP contribution in [0.5, 0.6) is 5.75 Å². The van der Waals surface area contributed by atoms with Crippen LogP contribution in [0.4, 0.5) is 17.2 Å². The minimum Gasteiger partial charge on any atom is -0.507 e. The van der Waals surface area contributed by atoms with Gasteiger partial charge in [-0.05, 0) is 87.0 Å². The number of imide groups is 2. The number of para-hydroxylation sites is 1. The number of carbonyl (C=O) groups is 4. The molecule has 7 heterocycles. The van der Waals surface area contributed by atoms with Gasteiger partial charge in [-0.15, -0.1) is 10.2 Å². The number of piperidine rings is 2. The number of anilines is 3. The number of hydrogen-bond donors (Lipinski definition) is 3. The molecule has 2 aromatic carbocycles. The van der Waals surface area contributed by atoms with E-state index < -0.39 is 23.8 Å². The van der Waals surface area contributed by atoms with Gasteiger partial charge in [0.15, 0.2) is 5.82 Å². The van der Waals surface area contributed by atoms with Crippen LogP contribution in [-0.2, 0) is 9.59 Å². The predicted octanol–water partition coefficient (Wildman–Crippen LogP) is 2.41. The van der Waals surface area contributed by atoms with Gasteiger partial charge in [-0.3, -0.25) is 34.3 Å². The Morgan fingerprint density at radius 3 is 2.38 bits per heavy atom. The Bertz CT molecular complexity index is 1960. The average molecular weight is 720 g/mol. The van der Waals surface area contributed by atoms with E-state index in [-0.39, 0.29) is 24.5 Å². The van der Waals surface area contributed by atoms with Crippen molar-refractivity contribution >= 4 is 40.8 Å². The Balaban J connectivity index is 0.749. The first-order valence-corrected chi connectivity index (χ1v) is 19.0. The highest BCUT2D eigenvalue weighted by atomic mass is 16.3. The van der Waals surface area contributed by atoms with Crippen LogP contribution in [-0.4, -0.2) is 131 Å². The number of piperazine rings is 1. The smallest absolute Gasteiger partial charge is 0.262 e. The fourth-order valence-electron chi connectivity index (χ4n) is 9.29. The third kappa shape index (κ3) is 6.37. The fourth-order valence-corrected chi connectivity index (χ4v) is 9.29. The number of nitrogens with zero attached hydrogens (tertiary/aromatic N) is 7. The summed E-state index contributed by atoms with van der Waals surface area (Å²) in [5.74, 6) is 0.333. The number of carbonyl (C=O) groups excluding carboxylic acids is 4. The largest absolute Gasteiger partial charge is 0.507 e. The van der Waals surface area contributed by atoms with Crippen molar-refractivity contribution in [2.75, 3.05) is 80.6 Å². The monoisotopic (exact) mass is 719 g/mol. The Morgan fingerprint density at radius 1 is 0.755 bits per heavy atom. The number of phenolic OH excluding ortho intramolecular Hbond substituents is 1. The van der Waals surface area contributed by atoms with E-state index in [0.717, 1.165) is 94.0 Å². The summed E-state index contributed by atoms with van der Waals surface area (Å²) in [5.41, 5.74) is 4.01. The molecule has 3 atom stereocenters. The summed E-state index contributed by atoms with van der Waals surface area (Å²) in [6.45, 7) is 10.0. The number of fused-ring (bicyclic) bond motifs is 4. The molecule has 0 radical (unpaired) electrons. The van der Waals surface area contributed by atoms with Crippen LogP contribution >= 0.6 is 0 Å². The average Bonchev–Trinajstić information content (AvgIpc) is 3.73. The molecule has 0 bridgehead atoms. The number of likely N-dealkylation sites (tertiary alicyclic amines) is 1. The topological polar surface area (TPSA) is 155 Å². The number of amides is 4. The molecule has 14 heteroatoms. The van der Waals surface area contributed by atoms with Crippen molar-refractivity contribution in [3.63, 3.8) is 0 Å². The minimum atomic E-state index is -0.955. The molecule has 6 aliphatic rings. The first-order valence-electron chi connectivity index (χ1n) is 19.0. The van der Waals surface area contributed by atoms with E-state index in [9.17, 15) is 24.3 Å². The molecule has 9 rings (SSSR count). The highest BCUT2D eigenvalue weighted by Gasteiger charge is 2.45. The summed E-state index contributed by atoms with van der Waals surface area (Å²) in [4.78, 5) is 61.6. The molecule has 4 amide bonds. The molecule has 14 nitrogen and oxygen atoms in total. The quantitative estimate of drug-likeness (QED) is 0.308. The summed E-state index contributed by atoms with van der Waals surface area (Å²) in [6, 6.07) is 14.1. The Labute approximate surface area is 308 Å². The number of hydrogen-bond acceptors (Lipinski definition) is 12. The van der Waals surface area contributed by atoms with Crippen LogP contribution in [0.3, 0.4) is 0 Å². The summed E-state index contributed by atoms with van der Waals surface area (Å²) in [7, 11) is 0. The van der Waals surface area contributed by atoms with Crippen molar-refractivity contribution < 1.29 is 24.3 Å². The Morgan fingerprint density at radius 2 is 1.55 bits per heavy atom. The lowest BCUT2D eigenvalue weighted by Crippen LogP contribution is -2.58. The summed E-state index contributed by atoms with van der Waals surface area (Å²) in [5, 5.41) is 25.0. The van der Waals surface area contributed by atoms with Gasteiger partial charge >= 0.3 is 0 Å². The zero-order valence-corrected chi connectivity index (χ0v) is 29.7. The first kappa shape index (κ1) is 33.7. The SMILES string of the molecule is O=C1CCC(N2C(=O)c3ccc(N4CCC(CN5CCC(CN6CCN7c8cc(-c9ccccc9O)nnc8NC[C@H]7C6)CC5)C4)cc3C2=O)C(=O)N1. The molecule has 3 N–H and O–H groups in total. The van der Waals surface area contributed by atoms with Crippen LogP contribution in [0, 0.1) is 11.8 Å². The molecule has 3 aromatic rings. The van der Waals surface area contributed by atoms with Crippen LogP contribution in [0.2, 0.25) is 0 Å². The predicted molar refractivity (Wildman–Crippen MR) is 198 cm³/mol. The van der Waals surface area contributed by atoms with Gasteiger partial charge in [-0.25, -0.2) is 0 Å². The first-order chi connectivity index (χ1) is 25.8. The van der Waals surface area contributed by atoms with Crippen LogP contribution < -0.4 is 20.4 Å². The zero-order valence-electron chi connectivity index (χ0n) is 29.7. The zero-order chi connectivity index (χ0) is 36.2. The molecule has 4 fully saturated rings. The summed E-state index contributed by atoms with van der Waals surface area (Å²) in [6.07, 6.45) is 3.74. The fraction of sp³-hybridized carbons (Fsp3) is 0.487. The van der Waals surface area contributed by atoms with E-state index in [4.69, 9.17) is 0 Å². The van der Waals surface area contributed by atoms with Gasteiger partial charge in [0.25, 0.3) is 11.8 Å². The highest BCUT2D eigenvalue weighted by molar-refractivity contribution is 6.23. The van der Waals surface area contributed by atoms with Gasteiger partial charge < -0.3 is 25.1 Å². The van der Waals surface area contributed by atoms with Gasteiger partial charge in [0.05, 0.1) is 28.6 Å². The molecule has 1 aromatic heterocycles. The van der Waals surface area contributed by atoms with E-state index in [1.807, 2.05) is 24.3 Å². The second-order valence-corrected chi connectivity index (χ2v) is 15.5. The Hall–Kier alpha value is -5.08. The lowest BCUT2D eigenvalue weighted by atomic mass is 9.94. The van der Waals surface area contributed by atoms with Gasteiger partial charge in [0, 0.05) is 70.0 Å². The van der Waals surface area contributed by atoms with Crippen LogP contribution in [0.1, 0.15) is 52.8 Å². The lowest BCUT2D eigenvalue weighted by molar-refractivity contribution is -0.136. The molecule has 0 aliphatic carbocycles. The van der Waals surface area contributed by atoms with Gasteiger partial charge in [0.1, 0.15) is 11.8 Å². The van der Waals surface area contributed by atoms with Gasteiger partial charge in [-0.1, -0.05) is 12.1 Å². The van der Waals surface area contributed by atoms with Crippen molar-refractivity contribution in [3.05, 3.63) is 59.7 Å². The second-order valence-electron chi connectivity index (χ2n) is 15.5. The van der Waals surface area contributed by atoms with Crippen molar-refractivity contribution in [2.24, 2.45) is 11.8 Å². The van der Waals surface area contributed by atoms with E-state index in [1.54, 1.807) is 18.2 Å². The number of aromatic hydroxyl groups is 1. The van der Waals surface area contributed by atoms with E-state index >= 15 is 0 Å². The van der Waals surface area contributed by atoms with E-state index in [0.29, 0.717) is 40.3 Å². The maximum absolute atomic E-state index is 13.3. The van der Waals surface area contributed by atoms with Crippen molar-refractivity contribution in [1.82, 2.24) is 30.2 Å². The van der Waals surface area contributed by atoms with Crippen LogP contribution in [0.25, 0.3) is 11.3 Å². The molecule has 276 valence electrons. The van der Waals surface area contributed by atoms with Crippen molar-refractivity contribution in [1.29, 1.82) is 0 Å². The third-order valence-electron chi connectivity index (χ3n) is 12.1. The molecule has 53 heavy (non-hydrogen) atoms. The van der Waals surface area contributed by atoms with E-state index in [2.05, 4.69) is 46.5 Å². The molecule has 6 aliphatic heterocycles. The van der Waals surface area contributed by atoms with E-state index in [1.165, 1.54) is 12.8 Å². The third-order valence-corrected chi connectivity index (χ3v) is 12.1. The minimum absolute atomic E-state index is 0.106. The van der Waals surface area contributed by atoms with Crippen molar-refractivity contribution in [2.45, 2.75) is 44.2 Å². The molecule has 2 unspecified atom stereocenters. The maximum atomic E-state index is 13.3. The lowest BCUT2D eigenvalue weighted by Gasteiger charge is -2.47. The number of nitrogens with one attached hydrogen (secondary N) is 2. The maximum Gasteiger partial charge on any atom is 0.262 e.